The Hall–Kier alpha value is 0.314. The first-order valence-corrected chi connectivity index (χ1v) is 12.9. The van der Waals surface area contributed by atoms with Crippen LogP contribution in [0.4, 0.5) is 0 Å². The van der Waals surface area contributed by atoms with E-state index in [1.165, 1.54) is 0 Å². The third kappa shape index (κ3) is 14.3. The van der Waals surface area contributed by atoms with E-state index < -0.39 is 16.5 Å². The summed E-state index contributed by atoms with van der Waals surface area (Å²) in [7, 11) is -2.11. The average molecular weight is 248 g/mol. The van der Waals surface area contributed by atoms with Gasteiger partial charge in [-0.15, -0.1) is 0 Å². The lowest BCUT2D eigenvalue weighted by Crippen LogP contribution is -2.47. The van der Waals surface area contributed by atoms with Gasteiger partial charge in [0.15, 0.2) is 0 Å². The van der Waals surface area contributed by atoms with Gasteiger partial charge in [-0.3, -0.25) is 0 Å². The summed E-state index contributed by atoms with van der Waals surface area (Å²) < 4.78 is 0. The van der Waals surface area contributed by atoms with Crippen LogP contribution >= 0.6 is 0 Å². The molecular formula is C10H29N3Si2. The molecule has 0 rings (SSSR count). The van der Waals surface area contributed by atoms with Crippen LogP contribution in [0.5, 0.6) is 0 Å². The van der Waals surface area contributed by atoms with E-state index in [1.54, 1.807) is 0 Å². The van der Waals surface area contributed by atoms with Crippen molar-refractivity contribution < 1.29 is 0 Å². The molecule has 0 amide bonds. The summed E-state index contributed by atoms with van der Waals surface area (Å²) in [6.07, 6.45) is 0. The molecule has 0 radical (unpaired) electrons. The van der Waals surface area contributed by atoms with Crippen LogP contribution in [0.3, 0.4) is 0 Å². The maximum atomic E-state index is 3.59. The Bertz CT molecular complexity index is 143. The van der Waals surface area contributed by atoms with Crippen molar-refractivity contribution >= 4 is 16.5 Å². The Morgan fingerprint density at radius 3 is 1.20 bits per heavy atom. The van der Waals surface area contributed by atoms with Crippen molar-refractivity contribution in [1.82, 2.24) is 15.3 Å². The maximum Gasteiger partial charge on any atom is 0.116 e. The van der Waals surface area contributed by atoms with Crippen LogP contribution in [0.15, 0.2) is 0 Å². The fraction of sp³-hybridized carbons (Fsp3) is 1.00. The second-order valence-corrected chi connectivity index (χ2v) is 15.8. The van der Waals surface area contributed by atoms with Gasteiger partial charge >= 0.3 is 0 Å². The van der Waals surface area contributed by atoms with E-state index in [4.69, 9.17) is 0 Å². The standard InChI is InChI=1S/C10H29N3Si2/c1-14(2,3)12-9-7-11-8-10-13-15(4,5)6/h11-13H,7-10H2,1-6H3. The molecule has 5 heteroatoms. The van der Waals surface area contributed by atoms with Gasteiger partial charge in [-0.2, -0.15) is 0 Å². The highest BCUT2D eigenvalue weighted by Gasteiger charge is 2.11. The lowest BCUT2D eigenvalue weighted by molar-refractivity contribution is 0.658. The lowest BCUT2D eigenvalue weighted by Gasteiger charge is -2.19. The normalized spacial score (nSPS) is 13.2. The van der Waals surface area contributed by atoms with Crippen LogP contribution in [0.25, 0.3) is 0 Å². The first-order chi connectivity index (χ1) is 6.71. The predicted octanol–water partition coefficient (Wildman–Crippen LogP) is 1.42. The number of hydrogen-bond acceptors (Lipinski definition) is 3. The van der Waals surface area contributed by atoms with Gasteiger partial charge in [0.25, 0.3) is 0 Å². The van der Waals surface area contributed by atoms with E-state index in [0.717, 1.165) is 26.2 Å². The second kappa shape index (κ2) is 6.80. The highest BCUT2D eigenvalue weighted by atomic mass is 28.3. The van der Waals surface area contributed by atoms with E-state index in [-0.39, 0.29) is 0 Å². The Balaban J connectivity index is 3.20. The summed E-state index contributed by atoms with van der Waals surface area (Å²) in [6, 6.07) is 0. The van der Waals surface area contributed by atoms with Crippen LogP contribution in [-0.2, 0) is 0 Å². The van der Waals surface area contributed by atoms with Crippen molar-refractivity contribution in [3.63, 3.8) is 0 Å². The molecule has 3 N–H and O–H groups in total. The number of nitrogens with one attached hydrogen (secondary N) is 3. The van der Waals surface area contributed by atoms with E-state index in [1.807, 2.05) is 0 Å². The topological polar surface area (TPSA) is 36.1 Å². The van der Waals surface area contributed by atoms with Crippen LogP contribution in [0.1, 0.15) is 0 Å². The minimum Gasteiger partial charge on any atom is -0.336 e. The summed E-state index contributed by atoms with van der Waals surface area (Å²) in [5, 5.41) is 3.45. The molecule has 0 unspecified atom stereocenters. The molecule has 0 spiro atoms. The minimum absolute atomic E-state index is 1.05. The molecule has 0 aliphatic carbocycles. The molecule has 0 saturated heterocycles. The Kier molecular flexibility index (Phi) is 6.94. The first kappa shape index (κ1) is 15.3. The molecule has 0 aliphatic heterocycles. The van der Waals surface area contributed by atoms with Gasteiger partial charge < -0.3 is 15.3 Å². The van der Waals surface area contributed by atoms with Crippen LogP contribution < -0.4 is 15.3 Å². The SMILES string of the molecule is C[Si](C)(C)NCCNCCN[Si](C)(C)C. The van der Waals surface area contributed by atoms with Crippen molar-refractivity contribution in [2.75, 3.05) is 26.2 Å². The van der Waals surface area contributed by atoms with Crippen molar-refractivity contribution in [2.45, 2.75) is 39.3 Å². The third-order valence-corrected chi connectivity index (χ3v) is 4.54. The molecular weight excluding hydrogens is 218 g/mol. The van der Waals surface area contributed by atoms with Crippen LogP contribution in [0, 0.1) is 0 Å². The van der Waals surface area contributed by atoms with Gasteiger partial charge in [-0.25, -0.2) is 0 Å². The molecule has 0 saturated carbocycles. The molecule has 15 heavy (non-hydrogen) atoms. The molecule has 0 heterocycles. The zero-order chi connectivity index (χ0) is 11.9. The fourth-order valence-electron chi connectivity index (χ4n) is 1.18. The largest absolute Gasteiger partial charge is 0.336 e. The highest BCUT2D eigenvalue weighted by molar-refractivity contribution is 6.73. The molecule has 0 aromatic carbocycles. The maximum absolute atomic E-state index is 3.59. The van der Waals surface area contributed by atoms with Gasteiger partial charge in [0.05, 0.1) is 0 Å². The second-order valence-electron chi connectivity index (χ2n) is 6.10. The molecule has 3 nitrogen and oxygen atoms in total. The van der Waals surface area contributed by atoms with E-state index >= 15 is 0 Å². The molecule has 0 aliphatic rings. The van der Waals surface area contributed by atoms with Crippen molar-refractivity contribution in [3.05, 3.63) is 0 Å². The lowest BCUT2D eigenvalue weighted by atomic mass is 10.6. The summed E-state index contributed by atoms with van der Waals surface area (Å²) >= 11 is 0. The van der Waals surface area contributed by atoms with E-state index in [2.05, 4.69) is 54.6 Å². The molecule has 0 atom stereocenters. The number of rotatable bonds is 8. The average Bonchev–Trinajstić information content (AvgIpc) is 1.98. The quantitative estimate of drug-likeness (QED) is 0.449. The summed E-state index contributed by atoms with van der Waals surface area (Å²) in [5.41, 5.74) is 0. The molecule has 0 aromatic rings. The summed E-state index contributed by atoms with van der Waals surface area (Å²) in [5.74, 6) is 0. The Morgan fingerprint density at radius 2 is 0.933 bits per heavy atom. The zero-order valence-corrected chi connectivity index (χ0v) is 13.3. The fourth-order valence-corrected chi connectivity index (χ4v) is 2.93. The van der Waals surface area contributed by atoms with Crippen molar-refractivity contribution in [3.8, 4) is 0 Å². The van der Waals surface area contributed by atoms with Gasteiger partial charge in [0.2, 0.25) is 0 Å². The Labute approximate surface area is 97.6 Å². The van der Waals surface area contributed by atoms with Crippen LogP contribution in [-0.4, -0.2) is 42.6 Å². The number of hydrogen-bond donors (Lipinski definition) is 3. The molecule has 0 fully saturated rings. The van der Waals surface area contributed by atoms with Gasteiger partial charge in [-0.1, -0.05) is 39.3 Å². The first-order valence-electron chi connectivity index (χ1n) is 5.91. The molecule has 0 bridgehead atoms. The summed E-state index contributed by atoms with van der Waals surface area (Å²) in [6.45, 7) is 18.4. The Morgan fingerprint density at radius 1 is 0.600 bits per heavy atom. The van der Waals surface area contributed by atoms with Crippen LogP contribution in [0.2, 0.25) is 39.3 Å². The van der Waals surface area contributed by atoms with Gasteiger partial charge in [-0.05, 0) is 0 Å². The molecule has 92 valence electrons. The zero-order valence-electron chi connectivity index (χ0n) is 11.3. The molecule has 0 aromatic heterocycles. The van der Waals surface area contributed by atoms with Crippen molar-refractivity contribution in [2.24, 2.45) is 0 Å². The van der Waals surface area contributed by atoms with E-state index in [0.29, 0.717) is 0 Å². The smallest absolute Gasteiger partial charge is 0.116 e. The van der Waals surface area contributed by atoms with Crippen molar-refractivity contribution in [1.29, 1.82) is 0 Å². The van der Waals surface area contributed by atoms with Gasteiger partial charge in [0, 0.05) is 26.2 Å². The third-order valence-electron chi connectivity index (χ3n) is 1.91. The van der Waals surface area contributed by atoms with E-state index in [9.17, 15) is 0 Å². The summed E-state index contributed by atoms with van der Waals surface area (Å²) in [4.78, 5) is 7.19. The monoisotopic (exact) mass is 247 g/mol. The minimum atomic E-state index is -1.05. The predicted molar refractivity (Wildman–Crippen MR) is 75.6 cm³/mol. The van der Waals surface area contributed by atoms with Gasteiger partial charge in [0.1, 0.15) is 16.5 Å². The highest BCUT2D eigenvalue weighted by Crippen LogP contribution is 1.92.